The number of nitrogens with zero attached hydrogens (tertiary/aromatic N) is 1. The molecule has 0 aliphatic carbocycles. The molecule has 3 nitrogen and oxygen atoms in total. The Balaban J connectivity index is 0.00000147. The van der Waals surface area contributed by atoms with Crippen LogP contribution in [0.5, 0.6) is 0 Å². The molecule has 0 fully saturated rings. The maximum absolute atomic E-state index is 6.28. The monoisotopic (exact) mass is 358 g/mol. The fourth-order valence-corrected chi connectivity index (χ4v) is 3.42. The molecule has 0 saturated heterocycles. The fourth-order valence-electron chi connectivity index (χ4n) is 2.87. The van der Waals surface area contributed by atoms with Crippen LogP contribution in [0.2, 0.25) is 0 Å². The van der Waals surface area contributed by atoms with Crippen LogP contribution in [0, 0.1) is 0 Å². The molecule has 0 radical (unpaired) electrons. The van der Waals surface area contributed by atoms with Gasteiger partial charge in [-0.1, -0.05) is 41.4 Å². The van der Waals surface area contributed by atoms with E-state index >= 15 is 0 Å². The van der Waals surface area contributed by atoms with Gasteiger partial charge in [-0.2, -0.15) is 0 Å². The van der Waals surface area contributed by atoms with Crippen molar-refractivity contribution < 1.29 is 4.74 Å². The van der Waals surface area contributed by atoms with E-state index in [1.807, 2.05) is 0 Å². The van der Waals surface area contributed by atoms with Crippen molar-refractivity contribution in [1.82, 2.24) is 5.32 Å². The van der Waals surface area contributed by atoms with Crippen molar-refractivity contribution in [2.45, 2.75) is 38.4 Å². The van der Waals surface area contributed by atoms with Gasteiger partial charge in [-0.3, -0.25) is 4.99 Å². The molecule has 1 aromatic rings. The Labute approximate surface area is 134 Å². The zero-order valence-electron chi connectivity index (χ0n) is 11.6. The van der Waals surface area contributed by atoms with Gasteiger partial charge in [0.15, 0.2) is 0 Å². The summed E-state index contributed by atoms with van der Waals surface area (Å²) in [5, 5.41) is 3.36. The molecule has 1 unspecified atom stereocenters. The smallest absolute Gasteiger partial charge is 0.140 e. The molecule has 0 aromatic heterocycles. The van der Waals surface area contributed by atoms with Gasteiger partial charge in [-0.15, -0.1) is 12.4 Å². The Kier molecular flexibility index (Phi) is 5.47. The number of fused-ring (bicyclic) bond motifs is 1. The van der Waals surface area contributed by atoms with E-state index in [2.05, 4.69) is 51.4 Å². The van der Waals surface area contributed by atoms with Gasteiger partial charge in [0.1, 0.15) is 11.9 Å². The Morgan fingerprint density at radius 3 is 3.00 bits per heavy atom. The number of amidine groups is 1. The molecule has 0 bridgehead atoms. The lowest BCUT2D eigenvalue weighted by Gasteiger charge is -2.33. The Morgan fingerprint density at radius 1 is 1.45 bits per heavy atom. The first-order chi connectivity index (χ1) is 9.29. The van der Waals surface area contributed by atoms with Crippen LogP contribution in [-0.2, 0) is 11.2 Å². The van der Waals surface area contributed by atoms with Crippen LogP contribution >= 0.6 is 28.3 Å². The van der Waals surface area contributed by atoms with Crippen molar-refractivity contribution >= 4 is 34.2 Å². The quantitative estimate of drug-likeness (QED) is 0.893. The van der Waals surface area contributed by atoms with Gasteiger partial charge >= 0.3 is 0 Å². The lowest BCUT2D eigenvalue weighted by Crippen LogP contribution is -2.35. The molecule has 110 valence electrons. The van der Waals surface area contributed by atoms with Crippen LogP contribution in [0.1, 0.15) is 37.0 Å². The summed E-state index contributed by atoms with van der Waals surface area (Å²) < 4.78 is 7.47. The van der Waals surface area contributed by atoms with Gasteiger partial charge in [0.05, 0.1) is 12.6 Å². The number of hydrogen-bond acceptors (Lipinski definition) is 3. The lowest BCUT2D eigenvalue weighted by molar-refractivity contribution is 0.00386. The van der Waals surface area contributed by atoms with E-state index in [0.717, 1.165) is 38.2 Å². The molecule has 2 atom stereocenters. The minimum atomic E-state index is -0.0136. The normalized spacial score (nSPS) is 24.4. The molecule has 1 N–H and O–H groups in total. The lowest BCUT2D eigenvalue weighted by atomic mass is 9.92. The van der Waals surface area contributed by atoms with Gasteiger partial charge in [0.25, 0.3) is 0 Å². The summed E-state index contributed by atoms with van der Waals surface area (Å²) in [5.41, 5.74) is 2.64. The summed E-state index contributed by atoms with van der Waals surface area (Å²) in [6.07, 6.45) is 3.53. The minimum Gasteiger partial charge on any atom is -0.369 e. The third-order valence-electron chi connectivity index (χ3n) is 3.76. The predicted octanol–water partition coefficient (Wildman–Crippen LogP) is 3.66. The number of aliphatic imine (C=N–C) groups is 1. The highest BCUT2D eigenvalue weighted by Gasteiger charge is 2.32. The summed E-state index contributed by atoms with van der Waals surface area (Å²) in [4.78, 5) is 4.55. The molecule has 3 rings (SSSR count). The van der Waals surface area contributed by atoms with Gasteiger partial charge < -0.3 is 10.1 Å². The first-order valence-corrected chi connectivity index (χ1v) is 7.80. The zero-order chi connectivity index (χ0) is 13.2. The highest BCUT2D eigenvalue weighted by molar-refractivity contribution is 9.10. The summed E-state index contributed by atoms with van der Waals surface area (Å²) in [5.74, 6) is 1.00. The predicted molar refractivity (Wildman–Crippen MR) is 87.9 cm³/mol. The Hall–Kier alpha value is -0.580. The van der Waals surface area contributed by atoms with Crippen LogP contribution in [0.4, 0.5) is 0 Å². The topological polar surface area (TPSA) is 33.6 Å². The van der Waals surface area contributed by atoms with Crippen molar-refractivity contribution in [3.63, 3.8) is 0 Å². The van der Waals surface area contributed by atoms with E-state index in [0.29, 0.717) is 6.10 Å². The number of ether oxygens (including phenoxy) is 1. The highest BCUT2D eigenvalue weighted by atomic mass is 79.9. The second-order valence-electron chi connectivity index (χ2n) is 5.13. The maximum atomic E-state index is 6.28. The third-order valence-corrected chi connectivity index (χ3v) is 4.50. The van der Waals surface area contributed by atoms with Crippen molar-refractivity contribution in [3.05, 3.63) is 33.8 Å². The first kappa shape index (κ1) is 15.8. The largest absolute Gasteiger partial charge is 0.369 e. The van der Waals surface area contributed by atoms with E-state index in [-0.39, 0.29) is 18.5 Å². The molecule has 1 aromatic carbocycles. The third kappa shape index (κ3) is 3.02. The molecule has 2 heterocycles. The number of halogens is 2. The first-order valence-electron chi connectivity index (χ1n) is 7.00. The molecule has 0 amide bonds. The number of benzene rings is 1. The number of hydrogen-bond donors (Lipinski definition) is 1. The summed E-state index contributed by atoms with van der Waals surface area (Å²) in [6, 6.07) is 6.36. The molecule has 5 heteroatoms. The standard InChI is InChI=1S/C15H19BrN2O.ClH/c1-2-4-10-9-12-11(5-3-6-13(12)16)14(19-10)15-17-7-8-18-15;/h3,5-6,10,14H,2,4,7-9H2,1H3,(H,17,18);1H/t10-,14?;/m1./s1. The van der Waals surface area contributed by atoms with Crippen molar-refractivity contribution in [2.24, 2.45) is 4.99 Å². The molecular formula is C15H20BrClN2O. The Bertz CT molecular complexity index is 507. The van der Waals surface area contributed by atoms with Gasteiger partial charge in [-0.25, -0.2) is 0 Å². The van der Waals surface area contributed by atoms with Crippen LogP contribution in [0.15, 0.2) is 27.7 Å². The maximum Gasteiger partial charge on any atom is 0.140 e. The van der Waals surface area contributed by atoms with E-state index in [1.54, 1.807) is 0 Å². The van der Waals surface area contributed by atoms with E-state index < -0.39 is 0 Å². The zero-order valence-corrected chi connectivity index (χ0v) is 14.0. The summed E-state index contributed by atoms with van der Waals surface area (Å²) >= 11 is 3.68. The number of rotatable bonds is 3. The van der Waals surface area contributed by atoms with Gasteiger partial charge in [0.2, 0.25) is 0 Å². The van der Waals surface area contributed by atoms with Crippen molar-refractivity contribution in [2.75, 3.05) is 13.1 Å². The van der Waals surface area contributed by atoms with Crippen LogP contribution in [0.3, 0.4) is 0 Å². The van der Waals surface area contributed by atoms with Crippen LogP contribution in [-0.4, -0.2) is 25.0 Å². The average Bonchev–Trinajstić information content (AvgIpc) is 2.93. The Morgan fingerprint density at radius 2 is 2.30 bits per heavy atom. The minimum absolute atomic E-state index is 0. The second kappa shape index (κ2) is 6.92. The van der Waals surface area contributed by atoms with E-state index in [4.69, 9.17) is 4.74 Å². The van der Waals surface area contributed by atoms with Gasteiger partial charge in [0, 0.05) is 17.4 Å². The van der Waals surface area contributed by atoms with Crippen molar-refractivity contribution in [1.29, 1.82) is 0 Å². The summed E-state index contributed by atoms with van der Waals surface area (Å²) in [7, 11) is 0. The molecular weight excluding hydrogens is 340 g/mol. The molecule has 2 aliphatic rings. The van der Waals surface area contributed by atoms with Crippen LogP contribution in [0.25, 0.3) is 0 Å². The van der Waals surface area contributed by atoms with E-state index in [1.165, 1.54) is 15.6 Å². The van der Waals surface area contributed by atoms with Crippen molar-refractivity contribution in [3.8, 4) is 0 Å². The SMILES string of the molecule is CCC[C@@H]1Cc2c(Br)cccc2C(C2=NCCN2)O1.Cl. The van der Waals surface area contributed by atoms with Crippen LogP contribution < -0.4 is 5.32 Å². The molecule has 20 heavy (non-hydrogen) atoms. The van der Waals surface area contributed by atoms with E-state index in [9.17, 15) is 0 Å². The highest BCUT2D eigenvalue weighted by Crippen LogP contribution is 2.36. The fraction of sp³-hybridized carbons (Fsp3) is 0.533. The summed E-state index contributed by atoms with van der Waals surface area (Å²) in [6.45, 7) is 3.99. The van der Waals surface area contributed by atoms with Gasteiger partial charge in [-0.05, 0) is 23.6 Å². The average molecular weight is 360 g/mol. The molecule has 2 aliphatic heterocycles. The number of nitrogens with one attached hydrogen (secondary N) is 1. The second-order valence-corrected chi connectivity index (χ2v) is 5.99. The molecule has 0 saturated carbocycles. The molecule has 0 spiro atoms.